The summed E-state index contributed by atoms with van der Waals surface area (Å²) in [6.07, 6.45) is 0. The molecule has 0 saturated heterocycles. The Bertz CT molecular complexity index is 708. The predicted octanol–water partition coefficient (Wildman–Crippen LogP) is 3.50. The van der Waals surface area contributed by atoms with Gasteiger partial charge in [-0.05, 0) is 51.8 Å². The predicted molar refractivity (Wildman–Crippen MR) is 94.2 cm³/mol. The molecule has 0 radical (unpaired) electrons. The van der Waals surface area contributed by atoms with Crippen molar-refractivity contribution in [2.24, 2.45) is 0 Å². The van der Waals surface area contributed by atoms with Crippen molar-refractivity contribution in [1.82, 2.24) is 9.97 Å². The number of amides is 1. The molecule has 2 aromatic rings. The summed E-state index contributed by atoms with van der Waals surface area (Å²) < 4.78 is 0. The lowest BCUT2D eigenvalue weighted by Crippen LogP contribution is -2.25. The van der Waals surface area contributed by atoms with E-state index in [9.17, 15) is 4.79 Å². The lowest BCUT2D eigenvalue weighted by Gasteiger charge is -2.20. The molecule has 1 amide bonds. The van der Waals surface area contributed by atoms with Crippen molar-refractivity contribution in [2.75, 3.05) is 23.3 Å². The van der Waals surface area contributed by atoms with Crippen molar-refractivity contribution in [2.45, 2.75) is 34.6 Å². The first kappa shape index (κ1) is 16.9. The molecule has 0 unspecified atom stereocenters. The summed E-state index contributed by atoms with van der Waals surface area (Å²) >= 11 is 0. The number of carbonyl (C=O) groups excluding carboxylic acids is 1. The van der Waals surface area contributed by atoms with Crippen molar-refractivity contribution in [3.8, 4) is 0 Å². The number of carbonyl (C=O) groups is 1. The number of hydrogen-bond acceptors (Lipinski definition) is 4. The van der Waals surface area contributed by atoms with Crippen LogP contribution < -0.4 is 10.2 Å². The maximum absolute atomic E-state index is 12.6. The van der Waals surface area contributed by atoms with E-state index in [0.29, 0.717) is 11.5 Å². The Balaban J connectivity index is 2.30. The average molecular weight is 312 g/mol. The van der Waals surface area contributed by atoms with E-state index >= 15 is 0 Å². The Labute approximate surface area is 137 Å². The molecule has 0 spiro atoms. The van der Waals surface area contributed by atoms with E-state index in [2.05, 4.69) is 34.0 Å². The van der Waals surface area contributed by atoms with E-state index in [4.69, 9.17) is 0 Å². The second-order valence-electron chi connectivity index (χ2n) is 5.60. The summed E-state index contributed by atoms with van der Waals surface area (Å²) in [6.45, 7) is 11.6. The molecule has 0 aliphatic heterocycles. The fourth-order valence-corrected chi connectivity index (χ4v) is 2.43. The van der Waals surface area contributed by atoms with Gasteiger partial charge in [-0.2, -0.15) is 0 Å². The summed E-state index contributed by atoms with van der Waals surface area (Å²) in [4.78, 5) is 23.4. The highest BCUT2D eigenvalue weighted by molar-refractivity contribution is 6.03. The third-order valence-corrected chi connectivity index (χ3v) is 3.79. The minimum absolute atomic E-state index is 0.211. The fraction of sp³-hybridized carbons (Fsp3) is 0.389. The van der Waals surface area contributed by atoms with E-state index < -0.39 is 0 Å². The number of nitrogens with one attached hydrogen (secondary N) is 1. The maximum Gasteiger partial charge on any atom is 0.274 e. The van der Waals surface area contributed by atoms with Gasteiger partial charge < -0.3 is 10.2 Å². The standard InChI is InChI=1S/C18H24N4O/c1-6-22(7-2)17-11-16(19-14(5)20-17)18(23)21-15-10-12(3)8-9-13(15)4/h8-11H,6-7H2,1-5H3,(H,21,23). The van der Waals surface area contributed by atoms with Gasteiger partial charge in [0.25, 0.3) is 5.91 Å². The first-order chi connectivity index (χ1) is 10.9. The number of benzene rings is 1. The first-order valence-electron chi connectivity index (χ1n) is 7.93. The van der Waals surface area contributed by atoms with Crippen molar-refractivity contribution in [3.05, 3.63) is 46.9 Å². The highest BCUT2D eigenvalue weighted by Crippen LogP contribution is 2.18. The van der Waals surface area contributed by atoms with Crippen molar-refractivity contribution < 1.29 is 4.79 Å². The molecule has 0 fully saturated rings. The molecule has 0 aliphatic rings. The van der Waals surface area contributed by atoms with Gasteiger partial charge in [0, 0.05) is 24.8 Å². The van der Waals surface area contributed by atoms with Crippen molar-refractivity contribution >= 4 is 17.4 Å². The van der Waals surface area contributed by atoms with Crippen LogP contribution >= 0.6 is 0 Å². The van der Waals surface area contributed by atoms with Crippen LogP contribution in [0.2, 0.25) is 0 Å². The molecule has 1 aromatic heterocycles. The van der Waals surface area contributed by atoms with E-state index in [-0.39, 0.29) is 5.91 Å². The van der Waals surface area contributed by atoms with Crippen LogP contribution in [0.25, 0.3) is 0 Å². The van der Waals surface area contributed by atoms with Crippen LogP contribution in [0.15, 0.2) is 24.3 Å². The molecule has 5 heteroatoms. The summed E-state index contributed by atoms with van der Waals surface area (Å²) in [6, 6.07) is 7.74. The Morgan fingerprint density at radius 2 is 1.78 bits per heavy atom. The molecule has 0 saturated carbocycles. The van der Waals surface area contributed by atoms with E-state index in [1.54, 1.807) is 6.07 Å². The van der Waals surface area contributed by atoms with Gasteiger partial charge >= 0.3 is 0 Å². The molecule has 5 nitrogen and oxygen atoms in total. The molecule has 1 N–H and O–H groups in total. The van der Waals surface area contributed by atoms with Crippen molar-refractivity contribution in [3.63, 3.8) is 0 Å². The van der Waals surface area contributed by atoms with Crippen LogP contribution in [0.4, 0.5) is 11.5 Å². The molecule has 0 bridgehead atoms. The van der Waals surface area contributed by atoms with Gasteiger partial charge in [-0.3, -0.25) is 4.79 Å². The van der Waals surface area contributed by atoms with Crippen LogP contribution in [0.1, 0.15) is 41.3 Å². The van der Waals surface area contributed by atoms with Gasteiger partial charge in [0.1, 0.15) is 17.3 Å². The molecule has 0 aliphatic carbocycles. The monoisotopic (exact) mass is 312 g/mol. The zero-order valence-electron chi connectivity index (χ0n) is 14.5. The van der Waals surface area contributed by atoms with Crippen molar-refractivity contribution in [1.29, 1.82) is 0 Å². The normalized spacial score (nSPS) is 10.5. The summed E-state index contributed by atoms with van der Waals surface area (Å²) in [5, 5.41) is 2.95. The molecular formula is C18H24N4O. The van der Waals surface area contributed by atoms with Crippen LogP contribution in [0, 0.1) is 20.8 Å². The Morgan fingerprint density at radius 1 is 1.09 bits per heavy atom. The highest BCUT2D eigenvalue weighted by Gasteiger charge is 2.14. The number of anilines is 2. The molecule has 23 heavy (non-hydrogen) atoms. The van der Waals surface area contributed by atoms with Crippen LogP contribution in [0.3, 0.4) is 0 Å². The molecule has 2 rings (SSSR count). The molecule has 1 aromatic carbocycles. The van der Waals surface area contributed by atoms with Gasteiger partial charge in [0.2, 0.25) is 0 Å². The number of hydrogen-bond donors (Lipinski definition) is 1. The van der Waals surface area contributed by atoms with Crippen LogP contribution in [-0.4, -0.2) is 29.0 Å². The zero-order chi connectivity index (χ0) is 17.0. The van der Waals surface area contributed by atoms with Gasteiger partial charge in [0.05, 0.1) is 0 Å². The number of aryl methyl sites for hydroxylation is 3. The third kappa shape index (κ3) is 4.06. The van der Waals surface area contributed by atoms with E-state index in [0.717, 1.165) is 35.7 Å². The minimum Gasteiger partial charge on any atom is -0.357 e. The van der Waals surface area contributed by atoms with E-state index in [1.165, 1.54) is 0 Å². The quantitative estimate of drug-likeness (QED) is 0.918. The second kappa shape index (κ2) is 7.22. The topological polar surface area (TPSA) is 58.1 Å². The van der Waals surface area contributed by atoms with E-state index in [1.807, 2.05) is 39.0 Å². The Morgan fingerprint density at radius 3 is 2.43 bits per heavy atom. The van der Waals surface area contributed by atoms with Gasteiger partial charge in [0.15, 0.2) is 0 Å². The maximum atomic E-state index is 12.6. The van der Waals surface area contributed by atoms with Gasteiger partial charge in [-0.15, -0.1) is 0 Å². The smallest absolute Gasteiger partial charge is 0.274 e. The average Bonchev–Trinajstić information content (AvgIpc) is 2.51. The number of aromatic nitrogens is 2. The minimum atomic E-state index is -0.211. The Kier molecular flexibility index (Phi) is 5.32. The molecule has 1 heterocycles. The summed E-state index contributed by atoms with van der Waals surface area (Å²) in [5.74, 6) is 1.17. The largest absolute Gasteiger partial charge is 0.357 e. The lowest BCUT2D eigenvalue weighted by molar-refractivity contribution is 0.102. The number of rotatable bonds is 5. The van der Waals surface area contributed by atoms with Gasteiger partial charge in [-0.25, -0.2) is 9.97 Å². The molecular weight excluding hydrogens is 288 g/mol. The first-order valence-corrected chi connectivity index (χ1v) is 7.93. The number of nitrogens with zero attached hydrogens (tertiary/aromatic N) is 3. The second-order valence-corrected chi connectivity index (χ2v) is 5.60. The Hall–Kier alpha value is -2.43. The summed E-state index contributed by atoms with van der Waals surface area (Å²) in [5.41, 5.74) is 3.34. The lowest BCUT2D eigenvalue weighted by atomic mass is 10.1. The zero-order valence-corrected chi connectivity index (χ0v) is 14.5. The third-order valence-electron chi connectivity index (χ3n) is 3.79. The molecule has 122 valence electrons. The summed E-state index contributed by atoms with van der Waals surface area (Å²) in [7, 11) is 0. The highest BCUT2D eigenvalue weighted by atomic mass is 16.1. The van der Waals surface area contributed by atoms with Crippen LogP contribution in [0.5, 0.6) is 0 Å². The fourth-order valence-electron chi connectivity index (χ4n) is 2.43. The SMILES string of the molecule is CCN(CC)c1cc(C(=O)Nc2cc(C)ccc2C)nc(C)n1. The van der Waals surface area contributed by atoms with Crippen LogP contribution in [-0.2, 0) is 0 Å². The molecule has 0 atom stereocenters. The van der Waals surface area contributed by atoms with Gasteiger partial charge in [-0.1, -0.05) is 12.1 Å².